The largest absolute Gasteiger partial charge is 0.497 e. The maximum atomic E-state index is 5.92. The number of methoxy groups -OCH3 is 2. The SMILES string of the molecule is COc1cccc(NC(N)=NCc2c(C)nn(C)c2OC)c1.I. The van der Waals surface area contributed by atoms with E-state index in [1.54, 1.807) is 18.9 Å². The van der Waals surface area contributed by atoms with E-state index in [1.165, 1.54) is 0 Å². The molecular formula is C15H22IN5O2. The van der Waals surface area contributed by atoms with Gasteiger partial charge in [0.05, 0.1) is 32.0 Å². The van der Waals surface area contributed by atoms with Gasteiger partial charge in [0.2, 0.25) is 5.88 Å². The van der Waals surface area contributed by atoms with E-state index in [1.807, 2.05) is 38.2 Å². The van der Waals surface area contributed by atoms with Crippen LogP contribution in [0.5, 0.6) is 11.6 Å². The van der Waals surface area contributed by atoms with E-state index >= 15 is 0 Å². The van der Waals surface area contributed by atoms with Gasteiger partial charge in [-0.3, -0.25) is 0 Å². The number of hydrogen-bond donors (Lipinski definition) is 2. The second-order valence-corrected chi connectivity index (χ2v) is 4.76. The van der Waals surface area contributed by atoms with E-state index in [9.17, 15) is 0 Å². The summed E-state index contributed by atoms with van der Waals surface area (Å²) in [6.45, 7) is 2.31. The second-order valence-electron chi connectivity index (χ2n) is 4.76. The number of nitrogens with one attached hydrogen (secondary N) is 1. The number of rotatable bonds is 5. The molecule has 0 fully saturated rings. The molecule has 0 saturated heterocycles. The van der Waals surface area contributed by atoms with Crippen molar-refractivity contribution >= 4 is 35.6 Å². The van der Waals surface area contributed by atoms with Gasteiger partial charge in [0.25, 0.3) is 0 Å². The number of aromatic nitrogens is 2. The zero-order chi connectivity index (χ0) is 16.1. The second kappa shape index (κ2) is 8.61. The molecule has 2 aromatic rings. The number of hydrogen-bond acceptors (Lipinski definition) is 4. The van der Waals surface area contributed by atoms with E-state index in [4.69, 9.17) is 15.2 Å². The normalized spacial score (nSPS) is 10.9. The van der Waals surface area contributed by atoms with Crippen molar-refractivity contribution in [2.45, 2.75) is 13.5 Å². The fraction of sp³-hybridized carbons (Fsp3) is 0.333. The van der Waals surface area contributed by atoms with Crippen LogP contribution in [0.2, 0.25) is 0 Å². The van der Waals surface area contributed by atoms with Gasteiger partial charge >= 0.3 is 0 Å². The molecule has 1 heterocycles. The molecule has 126 valence electrons. The van der Waals surface area contributed by atoms with Crippen LogP contribution in [0.4, 0.5) is 5.69 Å². The van der Waals surface area contributed by atoms with Crippen molar-refractivity contribution in [2.75, 3.05) is 19.5 Å². The highest BCUT2D eigenvalue weighted by Gasteiger charge is 2.13. The number of halogens is 1. The molecule has 0 radical (unpaired) electrons. The fourth-order valence-corrected chi connectivity index (χ4v) is 2.17. The summed E-state index contributed by atoms with van der Waals surface area (Å²) in [6.07, 6.45) is 0. The number of nitrogens with two attached hydrogens (primary N) is 1. The van der Waals surface area contributed by atoms with Crippen LogP contribution in [0.3, 0.4) is 0 Å². The van der Waals surface area contributed by atoms with Gasteiger partial charge in [0.15, 0.2) is 5.96 Å². The minimum atomic E-state index is 0. The van der Waals surface area contributed by atoms with Crippen LogP contribution in [0.25, 0.3) is 0 Å². The summed E-state index contributed by atoms with van der Waals surface area (Å²) in [5.74, 6) is 1.76. The number of benzene rings is 1. The predicted molar refractivity (Wildman–Crippen MR) is 102 cm³/mol. The van der Waals surface area contributed by atoms with Crippen LogP contribution < -0.4 is 20.5 Å². The van der Waals surface area contributed by atoms with Crippen LogP contribution in [0.15, 0.2) is 29.3 Å². The molecule has 0 bridgehead atoms. The Kier molecular flexibility index (Phi) is 7.14. The van der Waals surface area contributed by atoms with Gasteiger partial charge in [0.1, 0.15) is 5.75 Å². The quantitative estimate of drug-likeness (QED) is 0.431. The number of guanidine groups is 1. The Morgan fingerprint density at radius 1 is 1.35 bits per heavy atom. The van der Waals surface area contributed by atoms with Crippen LogP contribution in [0.1, 0.15) is 11.3 Å². The van der Waals surface area contributed by atoms with Crippen molar-refractivity contribution in [1.29, 1.82) is 0 Å². The number of anilines is 1. The Labute approximate surface area is 152 Å². The van der Waals surface area contributed by atoms with Crippen molar-refractivity contribution in [1.82, 2.24) is 9.78 Å². The third-order valence-corrected chi connectivity index (χ3v) is 3.23. The third-order valence-electron chi connectivity index (χ3n) is 3.23. The highest BCUT2D eigenvalue weighted by atomic mass is 127. The van der Waals surface area contributed by atoms with Gasteiger partial charge in [0, 0.05) is 18.8 Å². The van der Waals surface area contributed by atoms with E-state index in [2.05, 4.69) is 15.4 Å². The zero-order valence-corrected chi connectivity index (χ0v) is 16.0. The molecule has 7 nitrogen and oxygen atoms in total. The molecule has 0 spiro atoms. The molecule has 23 heavy (non-hydrogen) atoms. The van der Waals surface area contributed by atoms with Crippen molar-refractivity contribution < 1.29 is 9.47 Å². The fourth-order valence-electron chi connectivity index (χ4n) is 2.17. The standard InChI is InChI=1S/C15H21N5O2.HI/c1-10-13(14(22-4)20(2)19-10)9-17-15(16)18-11-6-5-7-12(8-11)21-3;/h5-8H,9H2,1-4H3,(H3,16,17,18);1H. The minimum Gasteiger partial charge on any atom is -0.497 e. The van der Waals surface area contributed by atoms with Crippen LogP contribution >= 0.6 is 24.0 Å². The molecule has 0 aliphatic carbocycles. The maximum absolute atomic E-state index is 5.92. The Bertz CT molecular complexity index is 685. The molecule has 0 amide bonds. The Morgan fingerprint density at radius 2 is 2.09 bits per heavy atom. The number of aryl methyl sites for hydroxylation is 2. The first-order valence-electron chi connectivity index (χ1n) is 6.82. The molecule has 0 atom stereocenters. The van der Waals surface area contributed by atoms with Crippen LogP contribution in [-0.2, 0) is 13.6 Å². The summed E-state index contributed by atoms with van der Waals surface area (Å²) in [5, 5.41) is 7.34. The monoisotopic (exact) mass is 431 g/mol. The average molecular weight is 431 g/mol. The topological polar surface area (TPSA) is 86.7 Å². The predicted octanol–water partition coefficient (Wildman–Crippen LogP) is 2.29. The molecule has 0 saturated carbocycles. The molecule has 0 unspecified atom stereocenters. The zero-order valence-electron chi connectivity index (χ0n) is 13.7. The number of aliphatic imine (C=N–C) groups is 1. The summed E-state index contributed by atoms with van der Waals surface area (Å²) < 4.78 is 12.2. The molecule has 3 N–H and O–H groups in total. The molecular weight excluding hydrogens is 409 g/mol. The van der Waals surface area contributed by atoms with E-state index in [0.29, 0.717) is 18.4 Å². The summed E-state index contributed by atoms with van der Waals surface area (Å²) in [5.41, 5.74) is 8.53. The highest BCUT2D eigenvalue weighted by Crippen LogP contribution is 2.22. The van der Waals surface area contributed by atoms with Crippen LogP contribution in [-0.4, -0.2) is 30.0 Å². The van der Waals surface area contributed by atoms with Crippen molar-refractivity contribution in [2.24, 2.45) is 17.8 Å². The van der Waals surface area contributed by atoms with Crippen LogP contribution in [0, 0.1) is 6.92 Å². The number of ether oxygens (including phenoxy) is 2. The van der Waals surface area contributed by atoms with Crippen molar-refractivity contribution in [3.8, 4) is 11.6 Å². The van der Waals surface area contributed by atoms with Gasteiger partial charge in [-0.15, -0.1) is 24.0 Å². The molecule has 1 aromatic heterocycles. The smallest absolute Gasteiger partial charge is 0.216 e. The lowest BCUT2D eigenvalue weighted by Crippen LogP contribution is -2.22. The Balaban J connectivity index is 0.00000264. The minimum absolute atomic E-state index is 0. The lowest BCUT2D eigenvalue weighted by atomic mass is 10.2. The van der Waals surface area contributed by atoms with Crippen molar-refractivity contribution in [3.05, 3.63) is 35.5 Å². The lowest BCUT2D eigenvalue weighted by Gasteiger charge is -2.08. The van der Waals surface area contributed by atoms with Gasteiger partial charge in [-0.05, 0) is 19.1 Å². The van der Waals surface area contributed by atoms with E-state index < -0.39 is 0 Å². The molecule has 1 aromatic carbocycles. The Morgan fingerprint density at radius 3 is 2.74 bits per heavy atom. The molecule has 2 rings (SSSR count). The third kappa shape index (κ3) is 4.75. The van der Waals surface area contributed by atoms with Gasteiger partial charge < -0.3 is 20.5 Å². The van der Waals surface area contributed by atoms with Crippen molar-refractivity contribution in [3.63, 3.8) is 0 Å². The van der Waals surface area contributed by atoms with E-state index in [0.717, 1.165) is 22.7 Å². The van der Waals surface area contributed by atoms with Gasteiger partial charge in [-0.2, -0.15) is 5.10 Å². The highest BCUT2D eigenvalue weighted by molar-refractivity contribution is 14.0. The average Bonchev–Trinajstić information content (AvgIpc) is 2.78. The summed E-state index contributed by atoms with van der Waals surface area (Å²) in [7, 11) is 5.06. The summed E-state index contributed by atoms with van der Waals surface area (Å²) in [4.78, 5) is 4.34. The molecule has 0 aliphatic rings. The summed E-state index contributed by atoms with van der Waals surface area (Å²) in [6, 6.07) is 7.48. The van der Waals surface area contributed by atoms with Gasteiger partial charge in [-0.25, -0.2) is 9.67 Å². The first kappa shape index (κ1) is 19.1. The lowest BCUT2D eigenvalue weighted by molar-refractivity contribution is 0.369. The summed E-state index contributed by atoms with van der Waals surface area (Å²) >= 11 is 0. The molecule has 8 heteroatoms. The molecule has 0 aliphatic heterocycles. The first-order valence-corrected chi connectivity index (χ1v) is 6.82. The number of nitrogens with zero attached hydrogens (tertiary/aromatic N) is 3. The van der Waals surface area contributed by atoms with Gasteiger partial charge in [-0.1, -0.05) is 6.07 Å². The first-order chi connectivity index (χ1) is 10.5. The van der Waals surface area contributed by atoms with E-state index in [-0.39, 0.29) is 24.0 Å². The maximum Gasteiger partial charge on any atom is 0.216 e. The Hall–Kier alpha value is -1.97.